The first-order valence-electron chi connectivity index (χ1n) is 12.5. The number of phenols is 2. The normalized spacial score (nSPS) is 14.5. The Morgan fingerprint density at radius 1 is 1.03 bits per heavy atom. The molecule has 0 bridgehead atoms. The number of carbonyl (C=O) groups is 1. The molecule has 0 spiro atoms. The molecule has 0 radical (unpaired) electrons. The standard InChI is InChI=1S/C27H35N5O4/c1-17(2)21-15-22(24(34)16-23(21)33)25-29-30-26(27(35)28-18(3)4)32(25)20-7-5-19(6-8-20)9-10-31-11-13-36-14-12-31/h5-8,15-18,33-34H,9-14H2,1-4H3,(H,28,35). The van der Waals surface area contributed by atoms with Crippen LogP contribution in [0.25, 0.3) is 17.1 Å². The minimum atomic E-state index is -0.359. The molecule has 0 saturated carbocycles. The first kappa shape index (κ1) is 25.7. The van der Waals surface area contributed by atoms with Crippen LogP contribution in [0.5, 0.6) is 11.5 Å². The highest BCUT2D eigenvalue weighted by Crippen LogP contribution is 2.38. The van der Waals surface area contributed by atoms with E-state index in [4.69, 9.17) is 4.74 Å². The SMILES string of the molecule is CC(C)NC(=O)c1nnc(-c2cc(C(C)C)c(O)cc2O)n1-c1ccc(CCN2CCOCC2)cc1. The van der Waals surface area contributed by atoms with Crippen molar-refractivity contribution in [2.75, 3.05) is 32.8 Å². The fourth-order valence-corrected chi connectivity index (χ4v) is 4.34. The first-order valence-corrected chi connectivity index (χ1v) is 12.5. The van der Waals surface area contributed by atoms with Crippen LogP contribution in [0.15, 0.2) is 36.4 Å². The third kappa shape index (κ3) is 5.68. The summed E-state index contributed by atoms with van der Waals surface area (Å²) < 4.78 is 7.08. The van der Waals surface area contributed by atoms with Crippen molar-refractivity contribution in [1.29, 1.82) is 0 Å². The van der Waals surface area contributed by atoms with E-state index in [1.165, 1.54) is 11.6 Å². The molecule has 9 nitrogen and oxygen atoms in total. The molecule has 1 aromatic heterocycles. The minimum absolute atomic E-state index is 0.0136. The molecular formula is C27H35N5O4. The molecule has 0 atom stereocenters. The Morgan fingerprint density at radius 3 is 2.36 bits per heavy atom. The second-order valence-corrected chi connectivity index (χ2v) is 9.76. The van der Waals surface area contributed by atoms with Crippen molar-refractivity contribution in [1.82, 2.24) is 25.0 Å². The van der Waals surface area contributed by atoms with E-state index in [-0.39, 0.29) is 35.2 Å². The molecule has 3 aromatic rings. The molecule has 1 aliphatic heterocycles. The van der Waals surface area contributed by atoms with Gasteiger partial charge in [0.25, 0.3) is 5.91 Å². The Bertz CT molecular complexity index is 1200. The van der Waals surface area contributed by atoms with E-state index in [9.17, 15) is 15.0 Å². The summed E-state index contributed by atoms with van der Waals surface area (Å²) in [6, 6.07) is 10.9. The Balaban J connectivity index is 1.71. The lowest BCUT2D eigenvalue weighted by Gasteiger charge is -2.26. The van der Waals surface area contributed by atoms with E-state index < -0.39 is 0 Å². The average Bonchev–Trinajstić information content (AvgIpc) is 3.28. The van der Waals surface area contributed by atoms with Crippen LogP contribution < -0.4 is 5.32 Å². The van der Waals surface area contributed by atoms with Gasteiger partial charge in [-0.3, -0.25) is 14.3 Å². The Labute approximate surface area is 211 Å². The van der Waals surface area contributed by atoms with Crippen molar-refractivity contribution in [3.8, 4) is 28.6 Å². The lowest BCUT2D eigenvalue weighted by atomic mass is 9.98. The van der Waals surface area contributed by atoms with E-state index >= 15 is 0 Å². The lowest BCUT2D eigenvalue weighted by Crippen LogP contribution is -2.37. The van der Waals surface area contributed by atoms with Gasteiger partial charge in [-0.15, -0.1) is 10.2 Å². The molecule has 1 fully saturated rings. The Hall–Kier alpha value is -3.43. The molecule has 192 valence electrons. The van der Waals surface area contributed by atoms with Crippen LogP contribution in [0.4, 0.5) is 0 Å². The van der Waals surface area contributed by atoms with Crippen molar-refractivity contribution < 1.29 is 19.7 Å². The third-order valence-electron chi connectivity index (χ3n) is 6.31. The zero-order valence-corrected chi connectivity index (χ0v) is 21.4. The van der Waals surface area contributed by atoms with Gasteiger partial charge < -0.3 is 20.3 Å². The van der Waals surface area contributed by atoms with Crippen LogP contribution >= 0.6 is 0 Å². The van der Waals surface area contributed by atoms with E-state index in [0.29, 0.717) is 22.6 Å². The number of morpholine rings is 1. The molecular weight excluding hydrogens is 458 g/mol. The highest BCUT2D eigenvalue weighted by atomic mass is 16.5. The highest BCUT2D eigenvalue weighted by Gasteiger charge is 2.25. The maximum Gasteiger partial charge on any atom is 0.289 e. The van der Waals surface area contributed by atoms with Crippen molar-refractivity contribution in [3.05, 3.63) is 53.3 Å². The summed E-state index contributed by atoms with van der Waals surface area (Å²) >= 11 is 0. The number of amides is 1. The summed E-state index contributed by atoms with van der Waals surface area (Å²) in [5.74, 6) is -0.0106. The molecule has 36 heavy (non-hydrogen) atoms. The summed E-state index contributed by atoms with van der Waals surface area (Å²) in [6.45, 7) is 12.1. The zero-order valence-electron chi connectivity index (χ0n) is 21.4. The van der Waals surface area contributed by atoms with Gasteiger partial charge in [-0.2, -0.15) is 0 Å². The largest absolute Gasteiger partial charge is 0.508 e. The topological polar surface area (TPSA) is 113 Å². The van der Waals surface area contributed by atoms with Crippen LogP contribution in [0.1, 0.15) is 55.4 Å². The van der Waals surface area contributed by atoms with Crippen LogP contribution in [0.3, 0.4) is 0 Å². The van der Waals surface area contributed by atoms with Gasteiger partial charge >= 0.3 is 0 Å². The van der Waals surface area contributed by atoms with Crippen LogP contribution in [-0.2, 0) is 11.2 Å². The molecule has 2 heterocycles. The fourth-order valence-electron chi connectivity index (χ4n) is 4.34. The number of benzene rings is 2. The number of carbonyl (C=O) groups excluding carboxylic acids is 1. The molecule has 0 aliphatic carbocycles. The summed E-state index contributed by atoms with van der Waals surface area (Å²) in [5.41, 5.74) is 2.95. The van der Waals surface area contributed by atoms with Crippen LogP contribution in [-0.4, -0.2) is 74.7 Å². The molecule has 3 N–H and O–H groups in total. The van der Waals surface area contributed by atoms with Crippen molar-refractivity contribution in [2.45, 2.75) is 46.1 Å². The molecule has 4 rings (SSSR count). The predicted octanol–water partition coefficient (Wildman–Crippen LogP) is 3.48. The van der Waals surface area contributed by atoms with Crippen molar-refractivity contribution in [2.24, 2.45) is 0 Å². The minimum Gasteiger partial charge on any atom is -0.508 e. The molecule has 1 saturated heterocycles. The third-order valence-corrected chi connectivity index (χ3v) is 6.31. The molecule has 0 unspecified atom stereocenters. The molecule has 2 aromatic carbocycles. The van der Waals surface area contributed by atoms with E-state index in [1.54, 1.807) is 10.6 Å². The molecule has 9 heteroatoms. The smallest absolute Gasteiger partial charge is 0.289 e. The number of hydrogen-bond acceptors (Lipinski definition) is 7. The Morgan fingerprint density at radius 2 is 1.72 bits per heavy atom. The lowest BCUT2D eigenvalue weighted by molar-refractivity contribution is 0.0384. The highest BCUT2D eigenvalue weighted by molar-refractivity contribution is 5.92. The number of aromatic hydroxyl groups is 2. The second kappa shape index (κ2) is 11.1. The van der Waals surface area contributed by atoms with Gasteiger partial charge in [0.05, 0.1) is 18.8 Å². The van der Waals surface area contributed by atoms with Gasteiger partial charge in [0.2, 0.25) is 5.82 Å². The Kier molecular flexibility index (Phi) is 7.91. The molecule has 1 amide bonds. The average molecular weight is 494 g/mol. The number of rotatable bonds is 8. The van der Waals surface area contributed by atoms with Gasteiger partial charge in [-0.05, 0) is 55.5 Å². The van der Waals surface area contributed by atoms with Crippen molar-refractivity contribution in [3.63, 3.8) is 0 Å². The van der Waals surface area contributed by atoms with E-state index in [0.717, 1.165) is 39.3 Å². The van der Waals surface area contributed by atoms with Crippen LogP contribution in [0, 0.1) is 0 Å². The van der Waals surface area contributed by atoms with Gasteiger partial charge in [0, 0.05) is 37.4 Å². The number of nitrogens with zero attached hydrogens (tertiary/aromatic N) is 4. The number of nitrogens with one attached hydrogen (secondary N) is 1. The maximum atomic E-state index is 13.0. The molecule has 1 aliphatic rings. The quantitative estimate of drug-likeness (QED) is 0.440. The van der Waals surface area contributed by atoms with Gasteiger partial charge in [-0.25, -0.2) is 0 Å². The van der Waals surface area contributed by atoms with Gasteiger partial charge in [0.15, 0.2) is 5.82 Å². The summed E-state index contributed by atoms with van der Waals surface area (Å²) in [6.07, 6.45) is 0.909. The number of ether oxygens (including phenoxy) is 1. The summed E-state index contributed by atoms with van der Waals surface area (Å²) in [5, 5.41) is 32.4. The van der Waals surface area contributed by atoms with E-state index in [2.05, 4.69) is 20.4 Å². The summed E-state index contributed by atoms with van der Waals surface area (Å²) in [4.78, 5) is 15.4. The van der Waals surface area contributed by atoms with Gasteiger partial charge in [-0.1, -0.05) is 26.0 Å². The van der Waals surface area contributed by atoms with Crippen molar-refractivity contribution >= 4 is 5.91 Å². The van der Waals surface area contributed by atoms with Gasteiger partial charge in [0.1, 0.15) is 11.5 Å². The van der Waals surface area contributed by atoms with E-state index in [1.807, 2.05) is 52.0 Å². The monoisotopic (exact) mass is 493 g/mol. The zero-order chi connectivity index (χ0) is 25.8. The second-order valence-electron chi connectivity index (χ2n) is 9.76. The first-order chi connectivity index (χ1) is 17.2. The summed E-state index contributed by atoms with van der Waals surface area (Å²) in [7, 11) is 0. The maximum absolute atomic E-state index is 13.0. The van der Waals surface area contributed by atoms with Crippen LogP contribution in [0.2, 0.25) is 0 Å². The fraction of sp³-hybridized carbons (Fsp3) is 0.444. The number of aromatic nitrogens is 3. The number of hydrogen-bond donors (Lipinski definition) is 3. The predicted molar refractivity (Wildman–Crippen MR) is 138 cm³/mol. The number of phenolic OH excluding ortho intramolecular Hbond substituents is 2.